The van der Waals surface area contributed by atoms with Gasteiger partial charge in [0, 0.05) is 5.75 Å². The molecule has 3 nitrogen and oxygen atoms in total. The van der Waals surface area contributed by atoms with Crippen LogP contribution < -0.4 is 0 Å². The maximum Gasteiger partial charge on any atom is 0.304 e. The van der Waals surface area contributed by atoms with Gasteiger partial charge < -0.3 is 5.11 Å². The average molecular weight is 149 g/mol. The standard InChI is InChI=1S/C5H11NO2S/c1-6(2)9-4-3-5(7)8/h3-4H2,1-2H3,(H,7,8). The monoisotopic (exact) mass is 149 g/mol. The number of carboxylic acids is 1. The van der Waals surface area contributed by atoms with Crippen molar-refractivity contribution in [1.82, 2.24) is 4.31 Å². The zero-order valence-corrected chi connectivity index (χ0v) is 6.44. The Bertz CT molecular complexity index is 95.0. The summed E-state index contributed by atoms with van der Waals surface area (Å²) in [7, 11) is 3.79. The van der Waals surface area contributed by atoms with Crippen molar-refractivity contribution < 1.29 is 9.90 Å². The van der Waals surface area contributed by atoms with E-state index in [0.29, 0.717) is 5.75 Å². The fraction of sp³-hybridized carbons (Fsp3) is 0.800. The second kappa shape index (κ2) is 4.64. The van der Waals surface area contributed by atoms with Gasteiger partial charge in [-0.2, -0.15) is 0 Å². The Morgan fingerprint density at radius 1 is 1.67 bits per heavy atom. The van der Waals surface area contributed by atoms with Crippen LogP contribution in [0.2, 0.25) is 0 Å². The quantitative estimate of drug-likeness (QED) is 0.596. The lowest BCUT2D eigenvalue weighted by Crippen LogP contribution is -2.04. The highest BCUT2D eigenvalue weighted by molar-refractivity contribution is 7.96. The highest BCUT2D eigenvalue weighted by Crippen LogP contribution is 2.03. The summed E-state index contributed by atoms with van der Waals surface area (Å²) >= 11 is 1.51. The lowest BCUT2D eigenvalue weighted by Gasteiger charge is -2.05. The van der Waals surface area contributed by atoms with E-state index in [4.69, 9.17) is 5.11 Å². The third kappa shape index (κ3) is 7.78. The van der Waals surface area contributed by atoms with Gasteiger partial charge in [-0.3, -0.25) is 9.10 Å². The molecule has 0 heterocycles. The molecule has 0 atom stereocenters. The summed E-state index contributed by atoms with van der Waals surface area (Å²) in [5, 5.41) is 8.19. The molecule has 0 aromatic carbocycles. The average Bonchev–Trinajstić information content (AvgIpc) is 1.63. The first-order valence-electron chi connectivity index (χ1n) is 2.65. The van der Waals surface area contributed by atoms with Crippen molar-refractivity contribution in [2.75, 3.05) is 19.8 Å². The molecule has 0 fully saturated rings. The second-order valence-electron chi connectivity index (χ2n) is 1.79. The molecule has 1 N–H and O–H groups in total. The highest BCUT2D eigenvalue weighted by Gasteiger charge is 1.96. The van der Waals surface area contributed by atoms with Crippen molar-refractivity contribution in [2.24, 2.45) is 0 Å². The van der Waals surface area contributed by atoms with Crippen LogP contribution in [0, 0.1) is 0 Å². The Balaban J connectivity index is 3.01. The predicted molar refractivity (Wildman–Crippen MR) is 38.4 cm³/mol. The lowest BCUT2D eigenvalue weighted by molar-refractivity contribution is -0.136. The largest absolute Gasteiger partial charge is 0.481 e. The summed E-state index contributed by atoms with van der Waals surface area (Å²) < 4.78 is 1.89. The Morgan fingerprint density at radius 3 is 2.56 bits per heavy atom. The first-order chi connectivity index (χ1) is 4.13. The van der Waals surface area contributed by atoms with E-state index in [1.54, 1.807) is 0 Å². The van der Waals surface area contributed by atoms with Crippen LogP contribution in [-0.4, -0.2) is 35.2 Å². The molecule has 0 radical (unpaired) electrons. The van der Waals surface area contributed by atoms with E-state index in [0.717, 1.165) is 0 Å². The number of aliphatic carboxylic acids is 1. The first kappa shape index (κ1) is 8.78. The molecular weight excluding hydrogens is 138 g/mol. The summed E-state index contributed by atoms with van der Waals surface area (Å²) in [4.78, 5) is 9.95. The Morgan fingerprint density at radius 2 is 2.22 bits per heavy atom. The van der Waals surface area contributed by atoms with E-state index in [-0.39, 0.29) is 6.42 Å². The van der Waals surface area contributed by atoms with Gasteiger partial charge in [-0.05, 0) is 14.1 Å². The fourth-order valence-electron chi connectivity index (χ4n) is 0.316. The van der Waals surface area contributed by atoms with Crippen molar-refractivity contribution in [3.8, 4) is 0 Å². The molecule has 0 bridgehead atoms. The van der Waals surface area contributed by atoms with Crippen LogP contribution in [0.25, 0.3) is 0 Å². The molecule has 0 spiro atoms. The molecule has 0 aliphatic rings. The van der Waals surface area contributed by atoms with Crippen LogP contribution in [0.5, 0.6) is 0 Å². The molecule has 0 aliphatic heterocycles. The van der Waals surface area contributed by atoms with Gasteiger partial charge in [-0.1, -0.05) is 11.9 Å². The third-order valence-electron chi connectivity index (χ3n) is 0.665. The summed E-state index contributed by atoms with van der Waals surface area (Å²) in [6, 6.07) is 0. The van der Waals surface area contributed by atoms with E-state index in [1.165, 1.54) is 11.9 Å². The molecule has 4 heteroatoms. The van der Waals surface area contributed by atoms with E-state index in [1.807, 2.05) is 18.4 Å². The van der Waals surface area contributed by atoms with Gasteiger partial charge in [0.05, 0.1) is 6.42 Å². The minimum absolute atomic E-state index is 0.239. The highest BCUT2D eigenvalue weighted by atomic mass is 32.2. The molecule has 0 saturated carbocycles. The van der Waals surface area contributed by atoms with E-state index in [2.05, 4.69) is 0 Å². The third-order valence-corrected chi connectivity index (χ3v) is 1.57. The van der Waals surface area contributed by atoms with E-state index >= 15 is 0 Å². The van der Waals surface area contributed by atoms with Crippen molar-refractivity contribution in [1.29, 1.82) is 0 Å². The molecule has 54 valence electrons. The number of rotatable bonds is 4. The first-order valence-corrected chi connectivity index (χ1v) is 3.59. The van der Waals surface area contributed by atoms with Crippen LogP contribution in [-0.2, 0) is 4.79 Å². The normalized spacial score (nSPS) is 10.1. The number of carbonyl (C=O) groups is 1. The van der Waals surface area contributed by atoms with Crippen molar-refractivity contribution in [3.05, 3.63) is 0 Å². The SMILES string of the molecule is CN(C)SCCC(=O)O. The van der Waals surface area contributed by atoms with E-state index in [9.17, 15) is 4.79 Å². The van der Waals surface area contributed by atoms with Gasteiger partial charge in [0.2, 0.25) is 0 Å². The van der Waals surface area contributed by atoms with Gasteiger partial charge >= 0.3 is 5.97 Å². The zero-order chi connectivity index (χ0) is 7.28. The van der Waals surface area contributed by atoms with Gasteiger partial charge in [0.1, 0.15) is 0 Å². The summed E-state index contributed by atoms with van der Waals surface area (Å²) in [6.45, 7) is 0. The summed E-state index contributed by atoms with van der Waals surface area (Å²) in [5.74, 6) is -0.0770. The minimum Gasteiger partial charge on any atom is -0.481 e. The molecule has 9 heavy (non-hydrogen) atoms. The number of hydrogen-bond donors (Lipinski definition) is 1. The van der Waals surface area contributed by atoms with Crippen molar-refractivity contribution >= 4 is 17.9 Å². The van der Waals surface area contributed by atoms with Gasteiger partial charge in [-0.25, -0.2) is 0 Å². The van der Waals surface area contributed by atoms with Crippen LogP contribution in [0.3, 0.4) is 0 Å². The molecule has 0 aromatic rings. The molecule has 0 rings (SSSR count). The maximum atomic E-state index is 9.95. The maximum absolute atomic E-state index is 9.95. The number of carboxylic acid groups (broad SMARTS) is 1. The summed E-state index contributed by atoms with van der Waals surface area (Å²) in [5.41, 5.74) is 0. The molecular formula is C5H11NO2S. The number of hydrogen-bond acceptors (Lipinski definition) is 3. The molecule has 0 unspecified atom stereocenters. The Hall–Kier alpha value is -0.220. The molecule has 0 aromatic heterocycles. The number of nitrogens with zero attached hydrogens (tertiary/aromatic N) is 1. The van der Waals surface area contributed by atoms with Crippen LogP contribution in [0.15, 0.2) is 0 Å². The summed E-state index contributed by atoms with van der Waals surface area (Å²) in [6.07, 6.45) is 0.239. The van der Waals surface area contributed by atoms with Crippen LogP contribution in [0.1, 0.15) is 6.42 Å². The minimum atomic E-state index is -0.732. The topological polar surface area (TPSA) is 40.5 Å². The van der Waals surface area contributed by atoms with Gasteiger partial charge in [0.25, 0.3) is 0 Å². The van der Waals surface area contributed by atoms with Crippen molar-refractivity contribution in [3.63, 3.8) is 0 Å². The smallest absolute Gasteiger partial charge is 0.304 e. The zero-order valence-electron chi connectivity index (χ0n) is 5.63. The molecule has 0 saturated heterocycles. The molecule has 0 amide bonds. The van der Waals surface area contributed by atoms with Gasteiger partial charge in [-0.15, -0.1) is 0 Å². The van der Waals surface area contributed by atoms with E-state index < -0.39 is 5.97 Å². The lowest BCUT2D eigenvalue weighted by atomic mass is 10.5. The second-order valence-corrected chi connectivity index (χ2v) is 3.19. The van der Waals surface area contributed by atoms with Crippen LogP contribution >= 0.6 is 11.9 Å². The molecule has 0 aliphatic carbocycles. The predicted octanol–water partition coefficient (Wildman–Crippen LogP) is 0.671. The van der Waals surface area contributed by atoms with Gasteiger partial charge in [0.15, 0.2) is 0 Å². The fourth-order valence-corrected chi connectivity index (χ4v) is 0.947. The Labute approximate surface area is 59.2 Å². The van der Waals surface area contributed by atoms with Crippen molar-refractivity contribution in [2.45, 2.75) is 6.42 Å². The Kier molecular flexibility index (Phi) is 4.53. The van der Waals surface area contributed by atoms with Crippen LogP contribution in [0.4, 0.5) is 0 Å².